The monoisotopic (exact) mass is 428 g/mol. The van der Waals surface area contributed by atoms with Crippen molar-refractivity contribution < 1.29 is 14.2 Å². The molecule has 0 bridgehead atoms. The van der Waals surface area contributed by atoms with Gasteiger partial charge in [-0.1, -0.05) is 19.1 Å². The Kier molecular flexibility index (Phi) is 4.85. The molecule has 1 aliphatic carbocycles. The van der Waals surface area contributed by atoms with Gasteiger partial charge in [0.1, 0.15) is 5.75 Å². The van der Waals surface area contributed by atoms with E-state index < -0.39 is 0 Å². The molecule has 0 N–H and O–H groups in total. The van der Waals surface area contributed by atoms with Crippen LogP contribution >= 0.6 is 0 Å². The summed E-state index contributed by atoms with van der Waals surface area (Å²) in [5, 5.41) is 1.58. The molecule has 1 unspecified atom stereocenters. The molecular weight excluding hydrogens is 404 g/mol. The Labute approximate surface area is 186 Å². The van der Waals surface area contributed by atoms with Crippen molar-refractivity contribution in [2.24, 2.45) is 0 Å². The molecule has 0 saturated carbocycles. The van der Waals surface area contributed by atoms with Crippen LogP contribution in [-0.2, 0) is 6.54 Å². The lowest BCUT2D eigenvalue weighted by atomic mass is 9.95. The number of hydrogen-bond acceptors (Lipinski definition) is 5. The molecule has 4 aromatic rings. The van der Waals surface area contributed by atoms with Gasteiger partial charge in [0, 0.05) is 23.9 Å². The third kappa shape index (κ3) is 2.94. The topological polar surface area (TPSA) is 62.6 Å². The van der Waals surface area contributed by atoms with E-state index in [1.165, 1.54) is 0 Å². The maximum atomic E-state index is 13.8. The summed E-state index contributed by atoms with van der Waals surface area (Å²) < 4.78 is 18.4. The van der Waals surface area contributed by atoms with E-state index in [0.29, 0.717) is 29.2 Å². The van der Waals surface area contributed by atoms with Gasteiger partial charge in [-0.05, 0) is 52.4 Å². The molecule has 1 aliphatic rings. The Balaban J connectivity index is 1.87. The van der Waals surface area contributed by atoms with Crippen LogP contribution in [-0.4, -0.2) is 30.9 Å². The normalized spacial score (nSPS) is 14.2. The predicted octanol–water partition coefficient (Wildman–Crippen LogP) is 4.60. The SMILES string of the molecule is COc1ccc2c3c(n(Cc4cccnc4)c(=O)c2c1)-c1cc(OC)c(OC)cc1C3C. The van der Waals surface area contributed by atoms with E-state index in [2.05, 4.69) is 11.9 Å². The van der Waals surface area contributed by atoms with Gasteiger partial charge in [0.25, 0.3) is 5.56 Å². The van der Waals surface area contributed by atoms with Crippen LogP contribution < -0.4 is 19.8 Å². The van der Waals surface area contributed by atoms with Gasteiger partial charge in [0.05, 0.1) is 39.0 Å². The summed E-state index contributed by atoms with van der Waals surface area (Å²) in [6.07, 6.45) is 3.53. The van der Waals surface area contributed by atoms with Crippen LogP contribution in [0.15, 0.2) is 59.7 Å². The van der Waals surface area contributed by atoms with Crippen LogP contribution in [0.4, 0.5) is 0 Å². The minimum Gasteiger partial charge on any atom is -0.497 e. The lowest BCUT2D eigenvalue weighted by molar-refractivity contribution is 0.354. The molecule has 0 fully saturated rings. The number of nitrogens with zero attached hydrogens (tertiary/aromatic N) is 2. The van der Waals surface area contributed by atoms with Gasteiger partial charge in [-0.3, -0.25) is 9.78 Å². The number of benzene rings is 2. The minimum absolute atomic E-state index is 0.0589. The van der Waals surface area contributed by atoms with E-state index in [1.807, 2.05) is 47.0 Å². The first-order valence-corrected chi connectivity index (χ1v) is 10.5. The highest BCUT2D eigenvalue weighted by molar-refractivity contribution is 5.95. The highest BCUT2D eigenvalue weighted by Crippen LogP contribution is 2.50. The van der Waals surface area contributed by atoms with Crippen molar-refractivity contribution in [3.05, 3.63) is 81.9 Å². The Bertz CT molecular complexity index is 1390. The molecule has 162 valence electrons. The number of methoxy groups -OCH3 is 3. The molecule has 6 heteroatoms. The Morgan fingerprint density at radius 2 is 1.75 bits per heavy atom. The summed E-state index contributed by atoms with van der Waals surface area (Å²) in [7, 11) is 4.87. The second-order valence-electron chi connectivity index (χ2n) is 7.94. The summed E-state index contributed by atoms with van der Waals surface area (Å²) in [6, 6.07) is 13.6. The van der Waals surface area contributed by atoms with E-state index >= 15 is 0 Å². The van der Waals surface area contributed by atoms with Crippen molar-refractivity contribution in [3.8, 4) is 28.5 Å². The molecule has 0 radical (unpaired) electrons. The minimum atomic E-state index is -0.0589. The molecule has 1 atom stereocenters. The number of ether oxygens (including phenoxy) is 3. The number of rotatable bonds is 5. The average molecular weight is 428 g/mol. The fourth-order valence-corrected chi connectivity index (χ4v) is 4.75. The molecule has 2 heterocycles. The average Bonchev–Trinajstić information content (AvgIpc) is 3.12. The maximum absolute atomic E-state index is 13.8. The van der Waals surface area contributed by atoms with Gasteiger partial charge in [-0.2, -0.15) is 0 Å². The van der Waals surface area contributed by atoms with Gasteiger partial charge in [-0.15, -0.1) is 0 Å². The second-order valence-corrected chi connectivity index (χ2v) is 7.94. The standard InChI is InChI=1S/C26H24N2O4/c1-15-19-11-22(31-3)23(32-4)12-20(19)25-24(15)18-8-7-17(30-2)10-21(18)26(29)28(25)14-16-6-5-9-27-13-16/h5-13,15H,14H2,1-4H3. The Morgan fingerprint density at radius 3 is 2.44 bits per heavy atom. The van der Waals surface area contributed by atoms with Crippen molar-refractivity contribution in [1.82, 2.24) is 9.55 Å². The quantitative estimate of drug-likeness (QED) is 0.465. The number of aromatic nitrogens is 2. The molecule has 0 spiro atoms. The van der Waals surface area contributed by atoms with Gasteiger partial charge in [-0.25, -0.2) is 0 Å². The summed E-state index contributed by atoms with van der Waals surface area (Å²) in [5.74, 6) is 2.06. The maximum Gasteiger partial charge on any atom is 0.259 e. The first-order chi connectivity index (χ1) is 15.6. The third-order valence-electron chi connectivity index (χ3n) is 6.29. The van der Waals surface area contributed by atoms with Crippen LogP contribution in [0.1, 0.15) is 29.5 Å². The molecule has 2 aromatic carbocycles. The molecule has 2 aromatic heterocycles. The van der Waals surface area contributed by atoms with Crippen LogP contribution in [0.5, 0.6) is 17.2 Å². The zero-order valence-corrected chi connectivity index (χ0v) is 18.5. The highest BCUT2D eigenvalue weighted by atomic mass is 16.5. The molecule has 0 saturated heterocycles. The van der Waals surface area contributed by atoms with Gasteiger partial charge >= 0.3 is 0 Å². The van der Waals surface area contributed by atoms with Crippen molar-refractivity contribution in [2.45, 2.75) is 19.4 Å². The predicted molar refractivity (Wildman–Crippen MR) is 124 cm³/mol. The molecule has 0 amide bonds. The van der Waals surface area contributed by atoms with E-state index in [1.54, 1.807) is 33.7 Å². The van der Waals surface area contributed by atoms with Crippen molar-refractivity contribution >= 4 is 10.8 Å². The fourth-order valence-electron chi connectivity index (χ4n) is 4.75. The Hall–Kier alpha value is -3.80. The van der Waals surface area contributed by atoms with Crippen LogP contribution in [0, 0.1) is 0 Å². The van der Waals surface area contributed by atoms with Crippen molar-refractivity contribution in [3.63, 3.8) is 0 Å². The molecule has 6 nitrogen and oxygen atoms in total. The van der Waals surface area contributed by atoms with Crippen LogP contribution in [0.3, 0.4) is 0 Å². The van der Waals surface area contributed by atoms with Crippen molar-refractivity contribution in [2.75, 3.05) is 21.3 Å². The molecule has 0 aliphatic heterocycles. The smallest absolute Gasteiger partial charge is 0.259 e. The third-order valence-corrected chi connectivity index (χ3v) is 6.29. The number of pyridine rings is 2. The van der Waals surface area contributed by atoms with Crippen LogP contribution in [0.2, 0.25) is 0 Å². The molecular formula is C26H24N2O4. The zero-order valence-electron chi connectivity index (χ0n) is 18.5. The van der Waals surface area contributed by atoms with Gasteiger partial charge < -0.3 is 18.8 Å². The van der Waals surface area contributed by atoms with Crippen molar-refractivity contribution in [1.29, 1.82) is 0 Å². The summed E-state index contributed by atoms with van der Waals surface area (Å²) in [6.45, 7) is 2.59. The summed E-state index contributed by atoms with van der Waals surface area (Å²) in [5.41, 5.74) is 5.04. The van der Waals surface area contributed by atoms with Crippen LogP contribution in [0.25, 0.3) is 22.0 Å². The summed E-state index contributed by atoms with van der Waals surface area (Å²) in [4.78, 5) is 18.0. The first kappa shape index (κ1) is 20.1. The van der Waals surface area contributed by atoms with E-state index in [9.17, 15) is 4.79 Å². The second kappa shape index (κ2) is 7.71. The number of hydrogen-bond donors (Lipinski definition) is 0. The summed E-state index contributed by atoms with van der Waals surface area (Å²) >= 11 is 0. The first-order valence-electron chi connectivity index (χ1n) is 10.5. The lowest BCUT2D eigenvalue weighted by Gasteiger charge is -2.17. The van der Waals surface area contributed by atoms with E-state index in [4.69, 9.17) is 14.2 Å². The number of fused-ring (bicyclic) bond motifs is 5. The lowest BCUT2D eigenvalue weighted by Crippen LogP contribution is -2.23. The van der Waals surface area contributed by atoms with Gasteiger partial charge in [0.2, 0.25) is 0 Å². The Morgan fingerprint density at radius 1 is 0.969 bits per heavy atom. The van der Waals surface area contributed by atoms with Gasteiger partial charge in [0.15, 0.2) is 11.5 Å². The molecule has 32 heavy (non-hydrogen) atoms. The largest absolute Gasteiger partial charge is 0.497 e. The molecule has 5 rings (SSSR count). The van der Waals surface area contributed by atoms with E-state index in [0.717, 1.165) is 33.3 Å². The highest BCUT2D eigenvalue weighted by Gasteiger charge is 2.33. The fraction of sp³-hybridized carbons (Fsp3) is 0.231. The van der Waals surface area contributed by atoms with E-state index in [-0.39, 0.29) is 11.5 Å². The zero-order chi connectivity index (χ0) is 22.4.